The van der Waals surface area contributed by atoms with Crippen molar-refractivity contribution in [2.45, 2.75) is 65.0 Å². The van der Waals surface area contributed by atoms with Gasteiger partial charge in [-0.05, 0) is 68.5 Å². The van der Waals surface area contributed by atoms with E-state index >= 15 is 0 Å². The van der Waals surface area contributed by atoms with Gasteiger partial charge in [0.25, 0.3) is 11.8 Å². The molecule has 0 unspecified atom stereocenters. The van der Waals surface area contributed by atoms with E-state index in [-0.39, 0.29) is 37.3 Å². The van der Waals surface area contributed by atoms with Gasteiger partial charge < -0.3 is 9.64 Å². The average Bonchev–Trinajstić information content (AvgIpc) is 3.43. The summed E-state index contributed by atoms with van der Waals surface area (Å²) in [4.78, 5) is 7.10. The van der Waals surface area contributed by atoms with Crippen molar-refractivity contribution in [3.63, 3.8) is 0 Å². The van der Waals surface area contributed by atoms with Gasteiger partial charge in [-0.3, -0.25) is 10.3 Å². The number of H-pyrrole nitrogens is 1. The van der Waals surface area contributed by atoms with Crippen molar-refractivity contribution >= 4 is 22.7 Å². The first-order chi connectivity index (χ1) is 19.4. The summed E-state index contributed by atoms with van der Waals surface area (Å²) in [5.74, 6) is 1.35. The number of benzene rings is 2. The SMILES string of the molecule is CCOC(=N)N(Cc1cc(C(F)(F)F)cc(C(F)(F)F)c1)Cc1cc2ccccc2[nH+]c1N(CC)CC1CCCC1. The van der Waals surface area contributed by atoms with Crippen LogP contribution in [0.3, 0.4) is 0 Å². The zero-order chi connectivity index (χ0) is 29.8. The molecule has 4 rings (SSSR count). The molecule has 2 aromatic carbocycles. The molecule has 222 valence electrons. The fourth-order valence-electron chi connectivity index (χ4n) is 5.45. The van der Waals surface area contributed by atoms with Crippen LogP contribution in [0.25, 0.3) is 10.9 Å². The molecule has 1 fully saturated rings. The Hall–Kier alpha value is -3.50. The lowest BCUT2D eigenvalue weighted by Crippen LogP contribution is -2.37. The van der Waals surface area contributed by atoms with E-state index in [9.17, 15) is 26.3 Å². The molecule has 3 aromatic rings. The number of halogens is 6. The van der Waals surface area contributed by atoms with Crippen LogP contribution in [0.4, 0.5) is 32.2 Å². The van der Waals surface area contributed by atoms with E-state index in [4.69, 9.17) is 10.1 Å². The van der Waals surface area contributed by atoms with E-state index in [0.717, 1.165) is 41.7 Å². The highest BCUT2D eigenvalue weighted by Crippen LogP contribution is 2.37. The van der Waals surface area contributed by atoms with E-state index in [1.165, 1.54) is 17.7 Å². The Labute approximate surface area is 235 Å². The largest absolute Gasteiger partial charge is 0.466 e. The molecule has 1 aromatic heterocycles. The van der Waals surface area contributed by atoms with Crippen LogP contribution < -0.4 is 9.88 Å². The zero-order valence-electron chi connectivity index (χ0n) is 23.1. The number of aromatic amines is 1. The Morgan fingerprint density at radius 3 is 2.15 bits per heavy atom. The first kappa shape index (κ1) is 30.5. The number of pyridine rings is 1. The van der Waals surface area contributed by atoms with Crippen molar-refractivity contribution in [3.8, 4) is 0 Å². The number of hydrogen-bond donors (Lipinski definition) is 1. The quantitative estimate of drug-likeness (QED) is 0.160. The molecule has 0 saturated heterocycles. The van der Waals surface area contributed by atoms with E-state index in [1.807, 2.05) is 37.3 Å². The summed E-state index contributed by atoms with van der Waals surface area (Å²) >= 11 is 0. The van der Waals surface area contributed by atoms with Crippen LogP contribution in [0.15, 0.2) is 48.5 Å². The van der Waals surface area contributed by atoms with Crippen LogP contribution in [0, 0.1) is 11.3 Å². The number of rotatable bonds is 9. The minimum absolute atomic E-state index is 0.0360. The molecule has 1 aliphatic carbocycles. The van der Waals surface area contributed by atoms with E-state index in [0.29, 0.717) is 24.6 Å². The predicted molar refractivity (Wildman–Crippen MR) is 145 cm³/mol. The summed E-state index contributed by atoms with van der Waals surface area (Å²) in [6.07, 6.45) is -5.28. The Morgan fingerprint density at radius 2 is 1.56 bits per heavy atom. The number of hydrogen-bond acceptors (Lipinski definition) is 3. The van der Waals surface area contributed by atoms with Crippen molar-refractivity contribution in [3.05, 3.63) is 70.8 Å². The predicted octanol–water partition coefficient (Wildman–Crippen LogP) is 7.68. The smallest absolute Gasteiger partial charge is 0.416 e. The molecule has 0 radical (unpaired) electrons. The van der Waals surface area contributed by atoms with Crippen LogP contribution in [-0.2, 0) is 30.2 Å². The van der Waals surface area contributed by atoms with Crippen molar-refractivity contribution in [2.24, 2.45) is 5.92 Å². The first-order valence-electron chi connectivity index (χ1n) is 13.8. The number of ether oxygens (including phenoxy) is 1. The molecule has 1 saturated carbocycles. The molecule has 0 aliphatic heterocycles. The van der Waals surface area contributed by atoms with Gasteiger partial charge >= 0.3 is 12.4 Å². The summed E-state index contributed by atoms with van der Waals surface area (Å²) in [7, 11) is 0. The fraction of sp³-hybridized carbons (Fsp3) is 0.467. The number of fused-ring (bicyclic) bond motifs is 1. The molecular weight excluding hydrogens is 546 g/mol. The lowest BCUT2D eigenvalue weighted by Gasteiger charge is -2.27. The first-order valence-corrected chi connectivity index (χ1v) is 13.8. The molecule has 5 nitrogen and oxygen atoms in total. The molecule has 0 amide bonds. The van der Waals surface area contributed by atoms with Crippen molar-refractivity contribution in [2.75, 3.05) is 24.6 Å². The molecule has 11 heteroatoms. The second kappa shape index (κ2) is 12.6. The van der Waals surface area contributed by atoms with Gasteiger partial charge in [-0.15, -0.1) is 0 Å². The lowest BCUT2D eigenvalue weighted by atomic mass is 10.0. The van der Waals surface area contributed by atoms with Gasteiger partial charge in [0.15, 0.2) is 0 Å². The number of nitrogens with one attached hydrogen (secondary N) is 2. The van der Waals surface area contributed by atoms with Crippen LogP contribution in [0.2, 0.25) is 0 Å². The second-order valence-electron chi connectivity index (χ2n) is 10.4. The van der Waals surface area contributed by atoms with Crippen LogP contribution in [0.5, 0.6) is 0 Å². The lowest BCUT2D eigenvalue weighted by molar-refractivity contribution is -0.331. The molecule has 0 spiro atoms. The van der Waals surface area contributed by atoms with Gasteiger partial charge in [0.2, 0.25) is 0 Å². The van der Waals surface area contributed by atoms with E-state index in [1.54, 1.807) is 6.92 Å². The number of nitrogens with zero attached hydrogens (tertiary/aromatic N) is 2. The summed E-state index contributed by atoms with van der Waals surface area (Å²) in [5, 5.41) is 9.39. The molecule has 2 N–H and O–H groups in total. The Balaban J connectivity index is 1.76. The fourth-order valence-corrected chi connectivity index (χ4v) is 5.45. The van der Waals surface area contributed by atoms with E-state index < -0.39 is 23.5 Å². The number of alkyl halides is 6. The van der Waals surface area contributed by atoms with Crippen molar-refractivity contribution < 1.29 is 36.1 Å². The Morgan fingerprint density at radius 1 is 0.927 bits per heavy atom. The highest BCUT2D eigenvalue weighted by Gasteiger charge is 2.37. The number of para-hydroxylation sites is 1. The van der Waals surface area contributed by atoms with Gasteiger partial charge in [0.1, 0.15) is 5.52 Å². The number of aromatic nitrogens is 1. The summed E-state index contributed by atoms with van der Waals surface area (Å²) in [5.41, 5.74) is -1.34. The summed E-state index contributed by atoms with van der Waals surface area (Å²) in [6.45, 7) is 5.00. The number of anilines is 1. The van der Waals surface area contributed by atoms with E-state index in [2.05, 4.69) is 9.88 Å². The molecule has 41 heavy (non-hydrogen) atoms. The molecule has 0 atom stereocenters. The third-order valence-corrected chi connectivity index (χ3v) is 7.45. The van der Waals surface area contributed by atoms with Gasteiger partial charge in [-0.1, -0.05) is 31.0 Å². The maximum Gasteiger partial charge on any atom is 0.416 e. The highest BCUT2D eigenvalue weighted by atomic mass is 19.4. The Bertz CT molecular complexity index is 1320. The standard InChI is InChI=1S/C30H34F6N4O/c1-3-39(17-20-9-5-6-10-20)27-23(15-22-11-7-8-12-26(22)38-27)19-40(28(37)41-4-2)18-21-13-24(29(31,32)33)16-25(14-21)30(34,35)36/h7-8,11-16,20,37H,3-6,9-10,17-19H2,1-2H3/p+1. The zero-order valence-corrected chi connectivity index (χ0v) is 23.1. The maximum atomic E-state index is 13.5. The average molecular weight is 582 g/mol. The van der Waals surface area contributed by atoms with Crippen LogP contribution in [-0.4, -0.2) is 30.6 Å². The van der Waals surface area contributed by atoms with Crippen LogP contribution in [0.1, 0.15) is 61.8 Å². The normalized spacial score (nSPS) is 14.4. The summed E-state index contributed by atoms with van der Waals surface area (Å²) in [6, 6.07) is 10.8. The minimum atomic E-state index is -4.96. The van der Waals surface area contributed by atoms with Crippen molar-refractivity contribution in [1.82, 2.24) is 4.90 Å². The third-order valence-electron chi connectivity index (χ3n) is 7.45. The Kier molecular flexibility index (Phi) is 9.34. The summed E-state index contributed by atoms with van der Waals surface area (Å²) < 4.78 is 86.6. The molecule has 0 bridgehead atoms. The maximum absolute atomic E-state index is 13.5. The van der Waals surface area contributed by atoms with Crippen molar-refractivity contribution in [1.29, 1.82) is 5.41 Å². The third kappa shape index (κ3) is 7.62. The molecule has 1 heterocycles. The van der Waals surface area contributed by atoms with Gasteiger partial charge in [0, 0.05) is 11.9 Å². The molecular formula is C30H35F6N4O+. The topological polar surface area (TPSA) is 53.7 Å². The van der Waals surface area contributed by atoms with Gasteiger partial charge in [-0.25, -0.2) is 4.98 Å². The monoisotopic (exact) mass is 581 g/mol. The number of amidine groups is 1. The van der Waals surface area contributed by atoms with Crippen LogP contribution >= 0.6 is 0 Å². The second-order valence-corrected chi connectivity index (χ2v) is 10.4. The minimum Gasteiger partial charge on any atom is -0.466 e. The van der Waals surface area contributed by atoms with Gasteiger partial charge in [0.05, 0.1) is 42.9 Å². The molecule has 1 aliphatic rings. The van der Waals surface area contributed by atoms with Gasteiger partial charge in [-0.2, -0.15) is 26.3 Å². The highest BCUT2D eigenvalue weighted by molar-refractivity contribution is 5.78.